The number of halogens is 3. The van der Waals surface area contributed by atoms with Gasteiger partial charge in [0.2, 0.25) is 0 Å². The van der Waals surface area contributed by atoms with Crippen LogP contribution >= 0.6 is 0 Å². The lowest BCUT2D eigenvalue weighted by molar-refractivity contribution is -0.119. The van der Waals surface area contributed by atoms with Gasteiger partial charge >= 0.3 is 6.18 Å². The van der Waals surface area contributed by atoms with Gasteiger partial charge in [-0.05, 0) is 36.6 Å². The largest absolute Gasteiger partial charge is 0.405 e. The third kappa shape index (κ3) is 3.05. The van der Waals surface area contributed by atoms with Gasteiger partial charge in [-0.15, -0.1) is 0 Å². The van der Waals surface area contributed by atoms with Gasteiger partial charge in [0.05, 0.1) is 0 Å². The van der Waals surface area contributed by atoms with Crippen LogP contribution in [0.1, 0.15) is 12.0 Å². The summed E-state index contributed by atoms with van der Waals surface area (Å²) in [6.45, 7) is 0.0178. The second-order valence-electron chi connectivity index (χ2n) is 4.34. The summed E-state index contributed by atoms with van der Waals surface area (Å²) in [7, 11) is 1.46. The van der Waals surface area contributed by atoms with Crippen molar-refractivity contribution >= 4 is 11.4 Å². The van der Waals surface area contributed by atoms with Crippen molar-refractivity contribution in [1.82, 2.24) is 0 Å². The predicted octanol–water partition coefficient (Wildman–Crippen LogP) is 3.04. The molecule has 5 heteroatoms. The molecule has 2 rings (SSSR count). The average Bonchev–Trinajstić information content (AvgIpc) is 2.26. The standard InChI is InChI=1S/C12H15F3N2/c1-17(8-12(13,14)15)10-4-5-11-9(7-10)3-2-6-16-11/h4-5,7,16H,2-3,6,8H2,1H3. The van der Waals surface area contributed by atoms with Crippen molar-refractivity contribution in [3.63, 3.8) is 0 Å². The van der Waals surface area contributed by atoms with Crippen LogP contribution < -0.4 is 10.2 Å². The molecule has 2 nitrogen and oxygen atoms in total. The third-order valence-corrected chi connectivity index (χ3v) is 2.88. The summed E-state index contributed by atoms with van der Waals surface area (Å²) in [5.74, 6) is 0. The minimum Gasteiger partial charge on any atom is -0.385 e. The zero-order chi connectivity index (χ0) is 12.5. The van der Waals surface area contributed by atoms with E-state index < -0.39 is 12.7 Å². The van der Waals surface area contributed by atoms with E-state index in [-0.39, 0.29) is 0 Å². The van der Waals surface area contributed by atoms with Gasteiger partial charge in [0.1, 0.15) is 6.54 Å². The van der Waals surface area contributed by atoms with Gasteiger partial charge in [-0.3, -0.25) is 0 Å². The molecule has 0 bridgehead atoms. The van der Waals surface area contributed by atoms with Crippen LogP contribution in [-0.4, -0.2) is 26.3 Å². The van der Waals surface area contributed by atoms with Gasteiger partial charge in [-0.25, -0.2) is 0 Å². The normalized spacial score (nSPS) is 15.1. The van der Waals surface area contributed by atoms with E-state index in [0.717, 1.165) is 30.6 Å². The molecule has 94 valence electrons. The molecule has 0 aromatic heterocycles. The lowest BCUT2D eigenvalue weighted by Crippen LogP contribution is -2.31. The molecule has 1 aromatic carbocycles. The van der Waals surface area contributed by atoms with Gasteiger partial charge in [0.25, 0.3) is 0 Å². The number of alkyl halides is 3. The molecular formula is C12H15F3N2. The highest BCUT2D eigenvalue weighted by Crippen LogP contribution is 2.28. The zero-order valence-electron chi connectivity index (χ0n) is 9.64. The number of hydrogen-bond donors (Lipinski definition) is 1. The Morgan fingerprint density at radius 2 is 2.12 bits per heavy atom. The fraction of sp³-hybridized carbons (Fsp3) is 0.500. The van der Waals surface area contributed by atoms with Crippen molar-refractivity contribution in [2.24, 2.45) is 0 Å². The molecule has 0 spiro atoms. The number of rotatable bonds is 2. The molecule has 0 fully saturated rings. The fourth-order valence-electron chi connectivity index (χ4n) is 2.06. The van der Waals surface area contributed by atoms with Gasteiger partial charge in [0, 0.05) is 25.0 Å². The summed E-state index contributed by atoms with van der Waals surface area (Å²) in [5, 5.41) is 3.24. The number of fused-ring (bicyclic) bond motifs is 1. The lowest BCUT2D eigenvalue weighted by atomic mass is 10.0. The van der Waals surface area contributed by atoms with E-state index in [0.29, 0.717) is 5.69 Å². The van der Waals surface area contributed by atoms with E-state index in [4.69, 9.17) is 0 Å². The summed E-state index contributed by atoms with van der Waals surface area (Å²) in [6, 6.07) is 5.42. The minimum absolute atomic E-state index is 0.616. The van der Waals surface area contributed by atoms with Crippen molar-refractivity contribution in [3.05, 3.63) is 23.8 Å². The summed E-state index contributed by atoms with van der Waals surface area (Å²) in [4.78, 5) is 1.23. The molecule has 1 aromatic rings. The third-order valence-electron chi connectivity index (χ3n) is 2.88. The van der Waals surface area contributed by atoms with Gasteiger partial charge < -0.3 is 10.2 Å². The fourth-order valence-corrected chi connectivity index (χ4v) is 2.06. The van der Waals surface area contributed by atoms with Gasteiger partial charge in [-0.2, -0.15) is 13.2 Å². The molecule has 0 radical (unpaired) electrons. The second kappa shape index (κ2) is 4.47. The Bertz CT molecular complexity index is 401. The Balaban J connectivity index is 2.16. The molecule has 0 aliphatic carbocycles. The highest BCUT2D eigenvalue weighted by Gasteiger charge is 2.29. The van der Waals surface area contributed by atoms with E-state index >= 15 is 0 Å². The Kier molecular flexibility index (Phi) is 3.17. The van der Waals surface area contributed by atoms with E-state index in [9.17, 15) is 13.2 Å². The van der Waals surface area contributed by atoms with Crippen LogP contribution in [0, 0.1) is 0 Å². The Hall–Kier alpha value is -1.39. The first-order valence-electron chi connectivity index (χ1n) is 5.60. The van der Waals surface area contributed by atoms with E-state index in [1.165, 1.54) is 11.9 Å². The SMILES string of the molecule is CN(CC(F)(F)F)c1ccc2c(c1)CCCN2. The molecule has 0 unspecified atom stereocenters. The first-order valence-corrected chi connectivity index (χ1v) is 5.60. The second-order valence-corrected chi connectivity index (χ2v) is 4.34. The number of anilines is 2. The van der Waals surface area contributed by atoms with Crippen molar-refractivity contribution in [1.29, 1.82) is 0 Å². The molecule has 1 heterocycles. The van der Waals surface area contributed by atoms with Crippen LogP contribution in [0.25, 0.3) is 0 Å². The maximum absolute atomic E-state index is 12.3. The van der Waals surface area contributed by atoms with E-state index in [1.54, 1.807) is 6.07 Å². The Labute approximate surface area is 98.4 Å². The number of aryl methyl sites for hydroxylation is 1. The highest BCUT2D eigenvalue weighted by atomic mass is 19.4. The topological polar surface area (TPSA) is 15.3 Å². The first kappa shape index (κ1) is 12.1. The molecule has 1 aliphatic heterocycles. The Morgan fingerprint density at radius 3 is 2.82 bits per heavy atom. The minimum atomic E-state index is -4.16. The lowest BCUT2D eigenvalue weighted by Gasteiger charge is -2.24. The summed E-state index contributed by atoms with van der Waals surface area (Å²) >= 11 is 0. The van der Waals surface area contributed by atoms with Crippen molar-refractivity contribution in [2.75, 3.05) is 30.4 Å². The van der Waals surface area contributed by atoms with Gasteiger partial charge in [-0.1, -0.05) is 0 Å². The van der Waals surface area contributed by atoms with Crippen molar-refractivity contribution < 1.29 is 13.2 Å². The molecular weight excluding hydrogens is 229 g/mol. The van der Waals surface area contributed by atoms with E-state index in [2.05, 4.69) is 5.32 Å². The zero-order valence-corrected chi connectivity index (χ0v) is 9.64. The van der Waals surface area contributed by atoms with Gasteiger partial charge in [0.15, 0.2) is 0 Å². The first-order chi connectivity index (χ1) is 7.96. The number of hydrogen-bond acceptors (Lipinski definition) is 2. The summed E-state index contributed by atoms with van der Waals surface area (Å²) in [5.41, 5.74) is 2.76. The van der Waals surface area contributed by atoms with Crippen LogP contribution in [0.5, 0.6) is 0 Å². The molecule has 1 N–H and O–H groups in total. The van der Waals surface area contributed by atoms with Crippen molar-refractivity contribution in [3.8, 4) is 0 Å². The quantitative estimate of drug-likeness (QED) is 0.860. The van der Waals surface area contributed by atoms with Crippen LogP contribution in [0.2, 0.25) is 0 Å². The summed E-state index contributed by atoms with van der Waals surface area (Å²) < 4.78 is 36.8. The summed E-state index contributed by atoms with van der Waals surface area (Å²) in [6.07, 6.45) is -2.21. The molecule has 17 heavy (non-hydrogen) atoms. The van der Waals surface area contributed by atoms with E-state index in [1.807, 2.05) is 12.1 Å². The number of benzene rings is 1. The molecule has 0 amide bonds. The molecule has 0 saturated heterocycles. The molecule has 1 aliphatic rings. The maximum atomic E-state index is 12.3. The van der Waals surface area contributed by atoms with Crippen LogP contribution in [0.15, 0.2) is 18.2 Å². The molecule has 0 saturated carbocycles. The maximum Gasteiger partial charge on any atom is 0.405 e. The predicted molar refractivity (Wildman–Crippen MR) is 62.6 cm³/mol. The highest BCUT2D eigenvalue weighted by molar-refractivity contribution is 5.61. The monoisotopic (exact) mass is 244 g/mol. The number of nitrogens with zero attached hydrogens (tertiary/aromatic N) is 1. The van der Waals surface area contributed by atoms with Crippen LogP contribution in [0.3, 0.4) is 0 Å². The smallest absolute Gasteiger partial charge is 0.385 e. The van der Waals surface area contributed by atoms with Crippen LogP contribution in [0.4, 0.5) is 24.5 Å². The Morgan fingerprint density at radius 1 is 1.35 bits per heavy atom. The average molecular weight is 244 g/mol. The van der Waals surface area contributed by atoms with Crippen LogP contribution in [-0.2, 0) is 6.42 Å². The number of nitrogens with one attached hydrogen (secondary N) is 1. The molecule has 0 atom stereocenters. The van der Waals surface area contributed by atoms with Crippen molar-refractivity contribution in [2.45, 2.75) is 19.0 Å².